The molecule has 0 spiro atoms. The predicted octanol–water partition coefficient (Wildman–Crippen LogP) is 3.12. The topological polar surface area (TPSA) is 29.3 Å². The molecule has 0 bridgehead atoms. The Kier molecular flexibility index (Phi) is 7.25. The van der Waals surface area contributed by atoms with Gasteiger partial charge in [-0.15, -0.1) is 0 Å². The van der Waals surface area contributed by atoms with E-state index >= 15 is 0 Å². The summed E-state index contributed by atoms with van der Waals surface area (Å²) in [4.78, 5) is 2.55. The van der Waals surface area contributed by atoms with E-state index < -0.39 is 0 Å². The Labute approximate surface area is 103 Å². The number of hydrogen-bond acceptors (Lipinski definition) is 2. The minimum atomic E-state index is 0.368. The first-order chi connectivity index (χ1) is 7.34. The van der Waals surface area contributed by atoms with Crippen LogP contribution in [0, 0.1) is 11.3 Å². The van der Waals surface area contributed by atoms with Crippen LogP contribution in [-0.2, 0) is 0 Å². The summed E-state index contributed by atoms with van der Waals surface area (Å²) in [5, 5.41) is 0. The lowest BCUT2D eigenvalue weighted by Crippen LogP contribution is -2.44. The lowest BCUT2D eigenvalue weighted by atomic mass is 9.87. The van der Waals surface area contributed by atoms with Gasteiger partial charge in [0.05, 0.1) is 0 Å². The maximum absolute atomic E-state index is 5.93. The van der Waals surface area contributed by atoms with Crippen LogP contribution in [0.3, 0.4) is 0 Å². The Balaban J connectivity index is 4.38. The van der Waals surface area contributed by atoms with E-state index in [1.165, 1.54) is 19.4 Å². The maximum Gasteiger partial charge on any atom is 0.0223 e. The number of hydrogen-bond donors (Lipinski definition) is 1. The van der Waals surface area contributed by atoms with Crippen LogP contribution in [0.1, 0.15) is 54.4 Å². The summed E-state index contributed by atoms with van der Waals surface area (Å²) in [6, 6.07) is 0.541. The molecule has 2 heteroatoms. The van der Waals surface area contributed by atoms with Crippen molar-refractivity contribution in [2.45, 2.75) is 60.4 Å². The van der Waals surface area contributed by atoms with Gasteiger partial charge in [-0.05, 0) is 24.3 Å². The van der Waals surface area contributed by atoms with Gasteiger partial charge in [0.15, 0.2) is 0 Å². The van der Waals surface area contributed by atoms with Crippen LogP contribution >= 0.6 is 0 Å². The summed E-state index contributed by atoms with van der Waals surface area (Å²) in [6.07, 6.45) is 2.44. The molecular weight excluding hydrogens is 196 g/mol. The van der Waals surface area contributed by atoms with Crippen LogP contribution < -0.4 is 5.73 Å². The van der Waals surface area contributed by atoms with E-state index in [1.807, 2.05) is 0 Å². The predicted molar refractivity (Wildman–Crippen MR) is 73.6 cm³/mol. The lowest BCUT2D eigenvalue weighted by Gasteiger charge is -2.35. The lowest BCUT2D eigenvalue weighted by molar-refractivity contribution is 0.140. The van der Waals surface area contributed by atoms with Crippen LogP contribution in [0.15, 0.2) is 0 Å². The molecule has 2 unspecified atom stereocenters. The van der Waals surface area contributed by atoms with Gasteiger partial charge in [-0.25, -0.2) is 0 Å². The minimum absolute atomic E-state index is 0.368. The molecule has 2 nitrogen and oxygen atoms in total. The van der Waals surface area contributed by atoms with Crippen molar-refractivity contribution in [1.82, 2.24) is 4.90 Å². The zero-order valence-electron chi connectivity index (χ0n) is 12.2. The smallest absolute Gasteiger partial charge is 0.0223 e. The molecule has 98 valence electrons. The molecular formula is C14H32N2. The monoisotopic (exact) mass is 228 g/mol. The normalized spacial score (nSPS) is 16.5. The highest BCUT2D eigenvalue weighted by atomic mass is 15.2. The van der Waals surface area contributed by atoms with E-state index in [1.54, 1.807) is 0 Å². The molecule has 0 saturated heterocycles. The first-order valence-electron chi connectivity index (χ1n) is 6.78. The van der Waals surface area contributed by atoms with Gasteiger partial charge in [-0.3, -0.25) is 4.90 Å². The highest BCUT2D eigenvalue weighted by Gasteiger charge is 2.23. The third-order valence-corrected chi connectivity index (χ3v) is 3.29. The van der Waals surface area contributed by atoms with E-state index in [9.17, 15) is 0 Å². The summed E-state index contributed by atoms with van der Waals surface area (Å²) in [5.41, 5.74) is 6.30. The van der Waals surface area contributed by atoms with Gasteiger partial charge in [-0.1, -0.05) is 48.0 Å². The molecule has 0 fully saturated rings. The van der Waals surface area contributed by atoms with Crippen molar-refractivity contribution in [3.63, 3.8) is 0 Å². The minimum Gasteiger partial charge on any atom is -0.329 e. The van der Waals surface area contributed by atoms with Gasteiger partial charge in [0.1, 0.15) is 0 Å². The molecule has 2 atom stereocenters. The van der Waals surface area contributed by atoms with Gasteiger partial charge in [0.2, 0.25) is 0 Å². The summed E-state index contributed by atoms with van der Waals surface area (Å²) >= 11 is 0. The molecule has 0 saturated carbocycles. The Bertz CT molecular complexity index is 172. The van der Waals surface area contributed by atoms with E-state index in [0.29, 0.717) is 11.5 Å². The number of nitrogens with two attached hydrogens (primary N) is 1. The van der Waals surface area contributed by atoms with Crippen molar-refractivity contribution in [2.24, 2.45) is 17.1 Å². The van der Waals surface area contributed by atoms with Crippen molar-refractivity contribution in [3.8, 4) is 0 Å². The molecule has 0 aliphatic heterocycles. The Hall–Kier alpha value is -0.0800. The van der Waals surface area contributed by atoms with Crippen molar-refractivity contribution >= 4 is 0 Å². The molecule has 0 aromatic heterocycles. The van der Waals surface area contributed by atoms with Crippen molar-refractivity contribution in [3.05, 3.63) is 0 Å². The van der Waals surface area contributed by atoms with E-state index in [4.69, 9.17) is 5.73 Å². The van der Waals surface area contributed by atoms with Crippen molar-refractivity contribution in [2.75, 3.05) is 19.6 Å². The zero-order valence-corrected chi connectivity index (χ0v) is 12.2. The van der Waals surface area contributed by atoms with Crippen molar-refractivity contribution in [1.29, 1.82) is 0 Å². The van der Waals surface area contributed by atoms with Gasteiger partial charge >= 0.3 is 0 Å². The van der Waals surface area contributed by atoms with Crippen LogP contribution in [0.5, 0.6) is 0 Å². The van der Waals surface area contributed by atoms with Crippen LogP contribution in [0.25, 0.3) is 0 Å². The van der Waals surface area contributed by atoms with Gasteiger partial charge in [0.25, 0.3) is 0 Å². The number of rotatable bonds is 7. The average Bonchev–Trinajstić information content (AvgIpc) is 2.21. The Morgan fingerprint density at radius 3 is 2.06 bits per heavy atom. The average molecular weight is 228 g/mol. The second kappa shape index (κ2) is 7.29. The van der Waals surface area contributed by atoms with Gasteiger partial charge in [0, 0.05) is 19.1 Å². The third-order valence-electron chi connectivity index (χ3n) is 3.29. The molecule has 0 aromatic rings. The summed E-state index contributed by atoms with van der Waals surface area (Å²) in [7, 11) is 0. The molecule has 0 radical (unpaired) electrons. The third kappa shape index (κ3) is 6.49. The van der Waals surface area contributed by atoms with Crippen LogP contribution in [0.2, 0.25) is 0 Å². The van der Waals surface area contributed by atoms with Crippen molar-refractivity contribution < 1.29 is 0 Å². The fourth-order valence-electron chi connectivity index (χ4n) is 2.13. The highest BCUT2D eigenvalue weighted by molar-refractivity contribution is 4.78. The second-order valence-electron chi connectivity index (χ2n) is 6.26. The second-order valence-corrected chi connectivity index (χ2v) is 6.26. The van der Waals surface area contributed by atoms with Crippen LogP contribution in [0.4, 0.5) is 0 Å². The molecule has 0 amide bonds. The molecule has 0 aliphatic rings. The first kappa shape index (κ1) is 15.9. The maximum atomic E-state index is 5.93. The molecule has 16 heavy (non-hydrogen) atoms. The van der Waals surface area contributed by atoms with Gasteiger partial charge < -0.3 is 5.73 Å². The van der Waals surface area contributed by atoms with E-state index in [0.717, 1.165) is 19.0 Å². The summed E-state index contributed by atoms with van der Waals surface area (Å²) in [5.74, 6) is 0.772. The van der Waals surface area contributed by atoms with E-state index in [-0.39, 0.29) is 0 Å². The summed E-state index contributed by atoms with van der Waals surface area (Å²) in [6.45, 7) is 16.8. The highest BCUT2D eigenvalue weighted by Crippen LogP contribution is 2.23. The molecule has 0 aliphatic carbocycles. The first-order valence-corrected chi connectivity index (χ1v) is 6.78. The number of nitrogens with zero attached hydrogens (tertiary/aromatic N) is 1. The SMILES string of the molecule is CCC(C)CN(CC)C(CN)CC(C)(C)C. The van der Waals surface area contributed by atoms with E-state index in [2.05, 4.69) is 46.4 Å². The van der Waals surface area contributed by atoms with Gasteiger partial charge in [-0.2, -0.15) is 0 Å². The quantitative estimate of drug-likeness (QED) is 0.725. The largest absolute Gasteiger partial charge is 0.329 e. The molecule has 2 N–H and O–H groups in total. The standard InChI is InChI=1S/C14H32N2/c1-7-12(3)11-16(8-2)13(10-15)9-14(4,5)6/h12-13H,7-11,15H2,1-6H3. The molecule has 0 rings (SSSR count). The fraction of sp³-hybridized carbons (Fsp3) is 1.00. The zero-order chi connectivity index (χ0) is 12.8. The molecule has 0 heterocycles. The fourth-order valence-corrected chi connectivity index (χ4v) is 2.13. The van der Waals surface area contributed by atoms with Crippen LogP contribution in [-0.4, -0.2) is 30.6 Å². The Morgan fingerprint density at radius 1 is 1.19 bits per heavy atom. The Morgan fingerprint density at radius 2 is 1.75 bits per heavy atom. The molecule has 0 aromatic carbocycles. The number of likely N-dealkylation sites (N-methyl/N-ethyl adjacent to an activating group) is 1. The summed E-state index contributed by atoms with van der Waals surface area (Å²) < 4.78 is 0.